The predicted molar refractivity (Wildman–Crippen MR) is 118 cm³/mol. The first-order chi connectivity index (χ1) is 15.1. The number of likely N-dealkylation sites (tertiary alicyclic amines) is 1. The number of hydrogen-bond acceptors (Lipinski definition) is 4. The normalized spacial score (nSPS) is 19.3. The standard InChI is InChI=1S/C25H22ClNO4/c1-16-4-2-3-5-20(16)31-24-23(18-8-11-21-22(14-18)30-15-29-21)27(25(24)28)13-12-17-6-9-19(26)10-7-17/h2-11,14,23-24H,12-13,15H2,1H3/t23-,24-/m0/s1. The first kappa shape index (κ1) is 19.8. The number of carbonyl (C=O) groups is 1. The summed E-state index contributed by atoms with van der Waals surface area (Å²) in [4.78, 5) is 15.0. The van der Waals surface area contributed by atoms with E-state index in [1.54, 1.807) is 0 Å². The van der Waals surface area contributed by atoms with E-state index in [4.69, 9.17) is 25.8 Å². The lowest BCUT2D eigenvalue weighted by molar-refractivity contribution is -0.164. The molecule has 0 N–H and O–H groups in total. The lowest BCUT2D eigenvalue weighted by atomic mass is 9.89. The molecule has 0 unspecified atom stereocenters. The number of carbonyl (C=O) groups excluding carboxylic acids is 1. The third-order valence-electron chi connectivity index (χ3n) is 5.79. The number of nitrogens with zero attached hydrogens (tertiary/aromatic N) is 1. The summed E-state index contributed by atoms with van der Waals surface area (Å²) >= 11 is 5.99. The number of halogens is 1. The van der Waals surface area contributed by atoms with Crippen molar-refractivity contribution in [2.75, 3.05) is 13.3 Å². The largest absolute Gasteiger partial charge is 0.478 e. The number of aryl methyl sites for hydroxylation is 1. The number of amides is 1. The Labute approximate surface area is 186 Å². The van der Waals surface area contributed by atoms with E-state index in [-0.39, 0.29) is 18.7 Å². The van der Waals surface area contributed by atoms with Gasteiger partial charge in [0.2, 0.25) is 12.9 Å². The van der Waals surface area contributed by atoms with Crippen LogP contribution in [0.4, 0.5) is 0 Å². The highest BCUT2D eigenvalue weighted by atomic mass is 35.5. The van der Waals surface area contributed by atoms with E-state index < -0.39 is 6.10 Å². The third-order valence-corrected chi connectivity index (χ3v) is 6.04. The number of β-lactam (4-membered cyclic amide) rings is 1. The van der Waals surface area contributed by atoms with Gasteiger partial charge in [0.1, 0.15) is 11.8 Å². The van der Waals surface area contributed by atoms with Gasteiger partial charge in [0.25, 0.3) is 5.91 Å². The van der Waals surface area contributed by atoms with Crippen LogP contribution in [0.5, 0.6) is 17.2 Å². The minimum Gasteiger partial charge on any atom is -0.478 e. The average molecular weight is 436 g/mol. The van der Waals surface area contributed by atoms with E-state index in [1.807, 2.05) is 78.6 Å². The van der Waals surface area contributed by atoms with Crippen molar-refractivity contribution >= 4 is 17.5 Å². The Bertz CT molecular complexity index is 1110. The Balaban J connectivity index is 1.40. The summed E-state index contributed by atoms with van der Waals surface area (Å²) in [5, 5.41) is 0.703. The molecule has 1 amide bonds. The maximum absolute atomic E-state index is 13.1. The van der Waals surface area contributed by atoms with E-state index in [9.17, 15) is 4.79 Å². The van der Waals surface area contributed by atoms with Crippen LogP contribution in [-0.4, -0.2) is 30.2 Å². The smallest absolute Gasteiger partial charge is 0.266 e. The van der Waals surface area contributed by atoms with Gasteiger partial charge in [0, 0.05) is 11.6 Å². The molecule has 5 rings (SSSR count). The number of benzene rings is 3. The fraction of sp³-hybridized carbons (Fsp3) is 0.240. The Kier molecular flexibility index (Phi) is 5.20. The second-order valence-corrected chi connectivity index (χ2v) is 8.21. The highest BCUT2D eigenvalue weighted by molar-refractivity contribution is 6.30. The van der Waals surface area contributed by atoms with Gasteiger partial charge in [-0.3, -0.25) is 4.79 Å². The zero-order valence-corrected chi connectivity index (χ0v) is 17.8. The second kappa shape index (κ2) is 8.16. The zero-order chi connectivity index (χ0) is 21.4. The van der Waals surface area contributed by atoms with Gasteiger partial charge < -0.3 is 19.1 Å². The van der Waals surface area contributed by atoms with Crippen molar-refractivity contribution in [2.24, 2.45) is 0 Å². The molecule has 3 aromatic carbocycles. The molecule has 2 aliphatic rings. The molecule has 2 atom stereocenters. The van der Waals surface area contributed by atoms with E-state index >= 15 is 0 Å². The molecular weight excluding hydrogens is 414 g/mol. The Morgan fingerprint density at radius 2 is 1.81 bits per heavy atom. The van der Waals surface area contributed by atoms with Gasteiger partial charge in [-0.15, -0.1) is 0 Å². The van der Waals surface area contributed by atoms with E-state index in [0.717, 1.165) is 34.6 Å². The first-order valence-electron chi connectivity index (χ1n) is 10.3. The topological polar surface area (TPSA) is 48.0 Å². The molecule has 0 radical (unpaired) electrons. The molecule has 1 saturated heterocycles. The number of para-hydroxylation sites is 1. The molecule has 158 valence electrons. The lowest BCUT2D eigenvalue weighted by Gasteiger charge is -2.47. The van der Waals surface area contributed by atoms with Gasteiger partial charge in [0.05, 0.1) is 0 Å². The summed E-state index contributed by atoms with van der Waals surface area (Å²) in [6.07, 6.45) is 0.160. The quantitative estimate of drug-likeness (QED) is 0.514. The number of fused-ring (bicyclic) bond motifs is 1. The molecule has 31 heavy (non-hydrogen) atoms. The van der Waals surface area contributed by atoms with Crippen molar-refractivity contribution in [1.29, 1.82) is 0 Å². The Morgan fingerprint density at radius 1 is 1.03 bits per heavy atom. The molecule has 1 fully saturated rings. The Hall–Kier alpha value is -3.18. The van der Waals surface area contributed by atoms with Gasteiger partial charge in [-0.1, -0.05) is 48.0 Å². The summed E-state index contributed by atoms with van der Waals surface area (Å²) in [5.74, 6) is 2.13. The van der Waals surface area contributed by atoms with Gasteiger partial charge in [-0.05, 0) is 60.4 Å². The summed E-state index contributed by atoms with van der Waals surface area (Å²) in [6.45, 7) is 2.78. The molecule has 0 aliphatic carbocycles. The molecule has 5 nitrogen and oxygen atoms in total. The monoisotopic (exact) mass is 435 g/mol. The fourth-order valence-corrected chi connectivity index (χ4v) is 4.18. The summed E-state index contributed by atoms with van der Waals surface area (Å²) < 4.78 is 17.2. The molecule has 2 heterocycles. The summed E-state index contributed by atoms with van der Waals surface area (Å²) in [7, 11) is 0. The van der Waals surface area contributed by atoms with E-state index in [1.165, 1.54) is 0 Å². The van der Waals surface area contributed by atoms with Crippen molar-refractivity contribution in [3.05, 3.63) is 88.4 Å². The van der Waals surface area contributed by atoms with Crippen molar-refractivity contribution in [3.8, 4) is 17.2 Å². The van der Waals surface area contributed by atoms with Crippen LogP contribution in [0.1, 0.15) is 22.7 Å². The van der Waals surface area contributed by atoms with Crippen molar-refractivity contribution in [3.63, 3.8) is 0 Å². The lowest BCUT2D eigenvalue weighted by Crippen LogP contribution is -2.61. The summed E-state index contributed by atoms with van der Waals surface area (Å²) in [6, 6.07) is 21.1. The van der Waals surface area contributed by atoms with Crippen LogP contribution >= 0.6 is 11.6 Å². The van der Waals surface area contributed by atoms with Crippen molar-refractivity contribution < 1.29 is 19.0 Å². The van der Waals surface area contributed by atoms with Crippen LogP contribution in [0.15, 0.2) is 66.7 Å². The van der Waals surface area contributed by atoms with Crippen LogP contribution in [0.25, 0.3) is 0 Å². The summed E-state index contributed by atoms with van der Waals surface area (Å²) in [5.41, 5.74) is 3.10. The molecular formula is C25H22ClNO4. The van der Waals surface area contributed by atoms with Gasteiger partial charge in [-0.2, -0.15) is 0 Å². The molecule has 6 heteroatoms. The van der Waals surface area contributed by atoms with E-state index in [0.29, 0.717) is 17.3 Å². The maximum Gasteiger partial charge on any atom is 0.266 e. The first-order valence-corrected chi connectivity index (χ1v) is 10.6. The van der Waals surface area contributed by atoms with Gasteiger partial charge >= 0.3 is 0 Å². The van der Waals surface area contributed by atoms with Crippen molar-refractivity contribution in [2.45, 2.75) is 25.5 Å². The van der Waals surface area contributed by atoms with Crippen molar-refractivity contribution in [1.82, 2.24) is 4.90 Å². The van der Waals surface area contributed by atoms with Crippen LogP contribution < -0.4 is 14.2 Å². The average Bonchev–Trinajstić information content (AvgIpc) is 3.25. The minimum atomic E-state index is -0.577. The van der Waals surface area contributed by atoms with Crippen LogP contribution in [0.2, 0.25) is 5.02 Å². The SMILES string of the molecule is Cc1ccccc1O[C@@H]1C(=O)N(CCc2ccc(Cl)cc2)[C@H]1c1ccc2c(c1)OCO2. The Morgan fingerprint density at radius 3 is 2.61 bits per heavy atom. The number of rotatable bonds is 6. The third kappa shape index (κ3) is 3.81. The minimum absolute atomic E-state index is 0.0140. The zero-order valence-electron chi connectivity index (χ0n) is 17.1. The molecule has 2 aliphatic heterocycles. The molecule has 0 aromatic heterocycles. The molecule has 0 bridgehead atoms. The number of ether oxygens (including phenoxy) is 3. The highest BCUT2D eigenvalue weighted by Gasteiger charge is 2.50. The predicted octanol–water partition coefficient (Wildman–Crippen LogP) is 4.95. The molecule has 0 saturated carbocycles. The van der Waals surface area contributed by atoms with Crippen LogP contribution in [0, 0.1) is 6.92 Å². The van der Waals surface area contributed by atoms with Gasteiger partial charge in [0.15, 0.2) is 11.5 Å². The van der Waals surface area contributed by atoms with Crippen LogP contribution in [0.3, 0.4) is 0 Å². The number of hydrogen-bond donors (Lipinski definition) is 0. The molecule has 3 aromatic rings. The highest BCUT2D eigenvalue weighted by Crippen LogP contribution is 2.42. The molecule has 0 spiro atoms. The maximum atomic E-state index is 13.1. The second-order valence-electron chi connectivity index (χ2n) is 7.77. The van der Waals surface area contributed by atoms with Gasteiger partial charge in [-0.25, -0.2) is 0 Å². The fourth-order valence-electron chi connectivity index (χ4n) is 4.06. The van der Waals surface area contributed by atoms with Crippen LogP contribution in [-0.2, 0) is 11.2 Å². The van der Waals surface area contributed by atoms with E-state index in [2.05, 4.69) is 0 Å².